The summed E-state index contributed by atoms with van der Waals surface area (Å²) in [6.45, 7) is 6.98. The molecule has 1 aromatic heterocycles. The molecule has 6 nitrogen and oxygen atoms in total. The zero-order valence-electron chi connectivity index (χ0n) is 16.6. The molecular weight excluding hydrogens is 362 g/mol. The highest BCUT2D eigenvalue weighted by molar-refractivity contribution is 7.09. The van der Waals surface area contributed by atoms with Gasteiger partial charge < -0.3 is 15.0 Å². The fraction of sp³-hybridized carbons (Fsp3) is 0.750. The number of ether oxygens (including phenoxy) is 1. The van der Waals surface area contributed by atoms with Crippen LogP contribution < -0.4 is 5.32 Å². The number of nitrogens with zero attached hydrogens (tertiary/aromatic N) is 2. The smallest absolute Gasteiger partial charge is 0.410 e. The first-order valence-corrected chi connectivity index (χ1v) is 10.9. The monoisotopic (exact) mass is 393 g/mol. The number of likely N-dealkylation sites (tertiary alicyclic amines) is 1. The van der Waals surface area contributed by atoms with E-state index in [1.165, 1.54) is 19.3 Å². The Morgan fingerprint density at radius 3 is 2.44 bits per heavy atom. The molecule has 7 heteroatoms. The summed E-state index contributed by atoms with van der Waals surface area (Å²) < 4.78 is 5.45. The molecule has 150 valence electrons. The summed E-state index contributed by atoms with van der Waals surface area (Å²) in [5.41, 5.74) is 0.0688. The molecule has 0 radical (unpaired) electrons. The van der Waals surface area contributed by atoms with Crippen LogP contribution >= 0.6 is 11.3 Å². The Morgan fingerprint density at radius 1 is 1.15 bits per heavy atom. The van der Waals surface area contributed by atoms with Gasteiger partial charge in [0, 0.05) is 30.4 Å². The quantitative estimate of drug-likeness (QED) is 0.830. The molecule has 1 aromatic rings. The fourth-order valence-corrected chi connectivity index (χ4v) is 4.69. The highest BCUT2D eigenvalue weighted by Crippen LogP contribution is 2.31. The van der Waals surface area contributed by atoms with Gasteiger partial charge >= 0.3 is 6.09 Å². The molecule has 0 unspecified atom stereocenters. The lowest BCUT2D eigenvalue weighted by molar-refractivity contribution is 0.0205. The third-order valence-electron chi connectivity index (χ3n) is 5.19. The second kappa shape index (κ2) is 8.59. The van der Waals surface area contributed by atoms with Crippen LogP contribution in [0.5, 0.6) is 0 Å². The van der Waals surface area contributed by atoms with Crippen molar-refractivity contribution in [3.63, 3.8) is 0 Å². The van der Waals surface area contributed by atoms with Gasteiger partial charge in [0.1, 0.15) is 11.3 Å². The molecule has 2 amide bonds. The van der Waals surface area contributed by atoms with Crippen LogP contribution in [0.3, 0.4) is 0 Å². The fourth-order valence-electron chi connectivity index (χ4n) is 3.72. The van der Waals surface area contributed by atoms with Gasteiger partial charge in [-0.1, -0.05) is 19.3 Å². The standard InChI is InChI=1S/C20H31N3O3S/c1-20(2,3)26-19(25)23-11-9-14(10-12-23)18-22-16(13-27-18)17(24)21-15-7-5-4-6-8-15/h13-15H,4-12H2,1-3H3,(H,21,24). The normalized spacial score (nSPS) is 19.7. The number of hydrogen-bond donors (Lipinski definition) is 1. The number of carbonyl (C=O) groups excluding carboxylic acids is 2. The lowest BCUT2D eigenvalue weighted by atomic mass is 9.95. The molecular formula is C20H31N3O3S. The number of carbonyl (C=O) groups is 2. The highest BCUT2D eigenvalue weighted by atomic mass is 32.1. The summed E-state index contributed by atoms with van der Waals surface area (Å²) in [7, 11) is 0. The lowest BCUT2D eigenvalue weighted by Crippen LogP contribution is -2.41. The van der Waals surface area contributed by atoms with Gasteiger partial charge in [-0.2, -0.15) is 0 Å². The van der Waals surface area contributed by atoms with E-state index >= 15 is 0 Å². The van der Waals surface area contributed by atoms with E-state index in [1.807, 2.05) is 26.2 Å². The van der Waals surface area contributed by atoms with E-state index < -0.39 is 5.60 Å². The molecule has 2 fully saturated rings. The van der Waals surface area contributed by atoms with Crippen molar-refractivity contribution in [3.05, 3.63) is 16.1 Å². The predicted molar refractivity (Wildman–Crippen MR) is 106 cm³/mol. The maximum Gasteiger partial charge on any atom is 0.410 e. The van der Waals surface area contributed by atoms with Crippen molar-refractivity contribution in [3.8, 4) is 0 Å². The average Bonchev–Trinajstić information content (AvgIpc) is 3.11. The first kappa shape index (κ1) is 20.1. The Labute approximate surface area is 165 Å². The highest BCUT2D eigenvalue weighted by Gasteiger charge is 2.29. The van der Waals surface area contributed by atoms with E-state index in [2.05, 4.69) is 10.3 Å². The Kier molecular flexibility index (Phi) is 6.40. The zero-order chi connectivity index (χ0) is 19.4. The van der Waals surface area contributed by atoms with Crippen LogP contribution in [0.25, 0.3) is 0 Å². The number of thiazole rings is 1. The summed E-state index contributed by atoms with van der Waals surface area (Å²) in [6, 6.07) is 0.300. The van der Waals surface area contributed by atoms with Crippen LogP contribution in [0.4, 0.5) is 4.79 Å². The first-order valence-electron chi connectivity index (χ1n) is 10.1. The third kappa shape index (κ3) is 5.67. The third-order valence-corrected chi connectivity index (χ3v) is 6.20. The van der Waals surface area contributed by atoms with Crippen LogP contribution in [0, 0.1) is 0 Å². The largest absolute Gasteiger partial charge is 0.444 e. The van der Waals surface area contributed by atoms with Crippen molar-refractivity contribution < 1.29 is 14.3 Å². The Hall–Kier alpha value is -1.63. The molecule has 2 heterocycles. The van der Waals surface area contributed by atoms with Gasteiger partial charge in [-0.25, -0.2) is 9.78 Å². The number of hydrogen-bond acceptors (Lipinski definition) is 5. The van der Waals surface area contributed by atoms with Gasteiger partial charge in [0.2, 0.25) is 0 Å². The van der Waals surface area contributed by atoms with Crippen molar-refractivity contribution in [2.75, 3.05) is 13.1 Å². The van der Waals surface area contributed by atoms with Gasteiger partial charge in [-0.05, 0) is 46.5 Å². The molecule has 1 saturated heterocycles. The van der Waals surface area contributed by atoms with Gasteiger partial charge in [0.25, 0.3) is 5.91 Å². The summed E-state index contributed by atoms with van der Waals surface area (Å²) in [5, 5.41) is 6.01. The molecule has 1 N–H and O–H groups in total. The molecule has 0 spiro atoms. The van der Waals surface area contributed by atoms with Gasteiger partial charge in [0.15, 0.2) is 0 Å². The number of aromatic nitrogens is 1. The maximum atomic E-state index is 12.4. The number of nitrogens with one attached hydrogen (secondary N) is 1. The van der Waals surface area contributed by atoms with E-state index in [0.29, 0.717) is 30.7 Å². The van der Waals surface area contributed by atoms with E-state index in [1.54, 1.807) is 16.2 Å². The average molecular weight is 394 g/mol. The van der Waals surface area contributed by atoms with Crippen molar-refractivity contribution in [1.29, 1.82) is 0 Å². The molecule has 0 aromatic carbocycles. The van der Waals surface area contributed by atoms with Gasteiger partial charge in [-0.15, -0.1) is 11.3 Å². The topological polar surface area (TPSA) is 71.5 Å². The Bertz CT molecular complexity index is 654. The van der Waals surface area contributed by atoms with Crippen LogP contribution in [-0.4, -0.2) is 46.6 Å². The van der Waals surface area contributed by atoms with Crippen LogP contribution in [0.15, 0.2) is 5.38 Å². The summed E-state index contributed by atoms with van der Waals surface area (Å²) >= 11 is 1.56. The number of piperidine rings is 1. The molecule has 1 aliphatic carbocycles. The maximum absolute atomic E-state index is 12.4. The SMILES string of the molecule is CC(C)(C)OC(=O)N1CCC(c2nc(C(=O)NC3CCCCC3)cs2)CC1. The summed E-state index contributed by atoms with van der Waals surface area (Å²) in [5.74, 6) is 0.264. The van der Waals surface area contributed by atoms with Gasteiger partial charge in [0.05, 0.1) is 5.01 Å². The first-order chi connectivity index (χ1) is 12.8. The molecule has 1 saturated carbocycles. The van der Waals surface area contributed by atoms with Crippen molar-refractivity contribution in [2.45, 2.75) is 83.3 Å². The van der Waals surface area contributed by atoms with Crippen molar-refractivity contribution in [2.24, 2.45) is 0 Å². The second-order valence-electron chi connectivity index (χ2n) is 8.62. The molecule has 0 atom stereocenters. The van der Waals surface area contributed by atoms with Crippen LogP contribution in [0.2, 0.25) is 0 Å². The second-order valence-corrected chi connectivity index (χ2v) is 9.51. The number of amides is 2. The Morgan fingerprint density at radius 2 is 1.81 bits per heavy atom. The molecule has 0 bridgehead atoms. The van der Waals surface area contributed by atoms with Crippen LogP contribution in [0.1, 0.15) is 87.1 Å². The zero-order valence-corrected chi connectivity index (χ0v) is 17.4. The Balaban J connectivity index is 1.50. The van der Waals surface area contributed by atoms with E-state index in [4.69, 9.17) is 4.74 Å². The van der Waals surface area contributed by atoms with E-state index in [-0.39, 0.29) is 12.0 Å². The van der Waals surface area contributed by atoms with Crippen molar-refractivity contribution in [1.82, 2.24) is 15.2 Å². The van der Waals surface area contributed by atoms with E-state index in [9.17, 15) is 9.59 Å². The molecule has 2 aliphatic rings. The molecule has 3 rings (SSSR count). The molecule has 1 aliphatic heterocycles. The lowest BCUT2D eigenvalue weighted by Gasteiger charge is -2.32. The number of rotatable bonds is 3. The van der Waals surface area contributed by atoms with Crippen molar-refractivity contribution >= 4 is 23.3 Å². The van der Waals surface area contributed by atoms with Crippen LogP contribution in [-0.2, 0) is 4.74 Å². The summed E-state index contributed by atoms with van der Waals surface area (Å²) in [4.78, 5) is 31.0. The van der Waals surface area contributed by atoms with Gasteiger partial charge in [-0.3, -0.25) is 4.79 Å². The minimum absolute atomic E-state index is 0.0457. The van der Waals surface area contributed by atoms with E-state index in [0.717, 1.165) is 30.7 Å². The molecule has 27 heavy (non-hydrogen) atoms. The minimum Gasteiger partial charge on any atom is -0.444 e. The minimum atomic E-state index is -0.468. The summed E-state index contributed by atoms with van der Waals surface area (Å²) in [6.07, 6.45) is 7.29. The predicted octanol–water partition coefficient (Wildman–Crippen LogP) is 4.32.